The van der Waals surface area contributed by atoms with Gasteiger partial charge in [-0.2, -0.15) is 0 Å². The molecule has 0 bridgehead atoms. The Kier molecular flexibility index (Phi) is 3.43. The number of nitrogens with one attached hydrogen (secondary N) is 1. The lowest BCUT2D eigenvalue weighted by atomic mass is 10.1. The zero-order chi connectivity index (χ0) is 16.0. The van der Waals surface area contributed by atoms with Gasteiger partial charge in [0.15, 0.2) is 0 Å². The Labute approximate surface area is 138 Å². The maximum atomic E-state index is 12.7. The van der Waals surface area contributed by atoms with E-state index in [-0.39, 0.29) is 11.9 Å². The van der Waals surface area contributed by atoms with Gasteiger partial charge in [-0.15, -0.1) is 11.3 Å². The second kappa shape index (κ2) is 5.48. The van der Waals surface area contributed by atoms with E-state index in [0.29, 0.717) is 6.42 Å². The van der Waals surface area contributed by atoms with Crippen LogP contribution in [0.3, 0.4) is 0 Å². The second-order valence-electron chi connectivity index (χ2n) is 5.97. The highest BCUT2D eigenvalue weighted by atomic mass is 32.1. The van der Waals surface area contributed by atoms with Crippen LogP contribution in [0.2, 0.25) is 0 Å². The van der Waals surface area contributed by atoms with Crippen LogP contribution in [0.4, 0.5) is 0 Å². The second-order valence-corrected chi connectivity index (χ2v) is 7.03. The molecule has 116 valence electrons. The molecule has 0 fully saturated rings. The summed E-state index contributed by atoms with van der Waals surface area (Å²) in [4.78, 5) is 13.5. The first-order valence-electron chi connectivity index (χ1n) is 7.70. The fourth-order valence-corrected chi connectivity index (χ4v) is 4.46. The summed E-state index contributed by atoms with van der Waals surface area (Å²) in [7, 11) is 0. The van der Waals surface area contributed by atoms with Crippen molar-refractivity contribution in [3.05, 3.63) is 70.1 Å². The number of carbonyl (C=O) groups excluding carboxylic acids is 1. The summed E-state index contributed by atoms with van der Waals surface area (Å²) in [5, 5.41) is 14.4. The van der Waals surface area contributed by atoms with Crippen molar-refractivity contribution < 1.29 is 9.90 Å². The van der Waals surface area contributed by atoms with Crippen molar-refractivity contribution in [1.29, 1.82) is 0 Å². The first kappa shape index (κ1) is 14.4. The van der Waals surface area contributed by atoms with Crippen molar-refractivity contribution in [1.82, 2.24) is 5.32 Å². The van der Waals surface area contributed by atoms with Crippen LogP contribution < -0.4 is 5.32 Å². The molecular formula is C19H17NO2S. The first-order chi connectivity index (χ1) is 11.1. The number of rotatable bonds is 2. The van der Waals surface area contributed by atoms with Crippen LogP contribution in [-0.4, -0.2) is 17.1 Å². The maximum absolute atomic E-state index is 12.7. The molecule has 2 aromatic carbocycles. The molecule has 3 nitrogen and oxygen atoms in total. The molecule has 4 heteroatoms. The number of benzene rings is 2. The molecular weight excluding hydrogens is 306 g/mol. The van der Waals surface area contributed by atoms with E-state index in [1.807, 2.05) is 55.5 Å². The number of aryl methyl sites for hydroxylation is 1. The average Bonchev–Trinajstić information content (AvgIpc) is 3.06. The van der Waals surface area contributed by atoms with Gasteiger partial charge in [0.1, 0.15) is 0 Å². The Bertz CT molecular complexity index is 899. The summed E-state index contributed by atoms with van der Waals surface area (Å²) in [6, 6.07) is 15.6. The van der Waals surface area contributed by atoms with Gasteiger partial charge in [0.25, 0.3) is 5.91 Å². The fourth-order valence-electron chi connectivity index (χ4n) is 3.35. The standard InChI is InChI=1S/C19H17NO2S/c1-11-13-7-4-5-9-16(13)23-18(11)19(22)20-17-14-8-3-2-6-12(14)10-15(17)21/h2-9,15,17,21H,10H2,1H3,(H,20,22)/t15-,17+/m0/s1. The smallest absolute Gasteiger partial charge is 0.262 e. The van der Waals surface area contributed by atoms with Gasteiger partial charge in [0.2, 0.25) is 0 Å². The van der Waals surface area contributed by atoms with Crippen molar-refractivity contribution in [2.75, 3.05) is 0 Å². The Morgan fingerprint density at radius 2 is 1.91 bits per heavy atom. The molecule has 1 heterocycles. The van der Waals surface area contributed by atoms with Crippen LogP contribution in [0, 0.1) is 6.92 Å². The van der Waals surface area contributed by atoms with Gasteiger partial charge in [0.05, 0.1) is 17.0 Å². The summed E-state index contributed by atoms with van der Waals surface area (Å²) in [6.07, 6.45) is 0.0259. The van der Waals surface area contributed by atoms with Gasteiger partial charge in [-0.3, -0.25) is 4.79 Å². The van der Waals surface area contributed by atoms with Crippen LogP contribution in [0.25, 0.3) is 10.1 Å². The molecule has 4 rings (SSSR count). The Morgan fingerprint density at radius 3 is 2.74 bits per heavy atom. The minimum atomic E-state index is -0.564. The van der Waals surface area contributed by atoms with Crippen molar-refractivity contribution in [3.63, 3.8) is 0 Å². The Morgan fingerprint density at radius 1 is 1.17 bits per heavy atom. The summed E-state index contributed by atoms with van der Waals surface area (Å²) in [5.41, 5.74) is 3.13. The average molecular weight is 323 g/mol. The molecule has 0 aliphatic heterocycles. The lowest BCUT2D eigenvalue weighted by molar-refractivity contribution is 0.0861. The predicted molar refractivity (Wildman–Crippen MR) is 92.9 cm³/mol. The number of hydrogen-bond acceptors (Lipinski definition) is 3. The normalized spacial score (nSPS) is 19.7. The van der Waals surface area contributed by atoms with E-state index in [1.54, 1.807) is 0 Å². The van der Waals surface area contributed by atoms with Crippen LogP contribution >= 0.6 is 11.3 Å². The highest BCUT2D eigenvalue weighted by Crippen LogP contribution is 2.34. The number of aliphatic hydroxyl groups excluding tert-OH is 1. The quantitative estimate of drug-likeness (QED) is 0.757. The summed E-state index contributed by atoms with van der Waals surface area (Å²) < 4.78 is 1.11. The number of hydrogen-bond donors (Lipinski definition) is 2. The van der Waals surface area contributed by atoms with E-state index in [0.717, 1.165) is 31.7 Å². The van der Waals surface area contributed by atoms with Crippen molar-refractivity contribution in [3.8, 4) is 0 Å². The molecule has 3 aromatic rings. The van der Waals surface area contributed by atoms with E-state index in [4.69, 9.17) is 0 Å². The molecule has 23 heavy (non-hydrogen) atoms. The predicted octanol–water partition coefficient (Wildman–Crippen LogP) is 3.60. The van der Waals surface area contributed by atoms with Crippen LogP contribution in [0.5, 0.6) is 0 Å². The largest absolute Gasteiger partial charge is 0.390 e. The lowest BCUT2D eigenvalue weighted by Crippen LogP contribution is -2.33. The van der Waals surface area contributed by atoms with Crippen molar-refractivity contribution in [2.45, 2.75) is 25.5 Å². The van der Waals surface area contributed by atoms with E-state index in [1.165, 1.54) is 11.3 Å². The minimum Gasteiger partial charge on any atom is -0.390 e. The van der Waals surface area contributed by atoms with E-state index < -0.39 is 6.10 Å². The number of thiophene rings is 1. The maximum Gasteiger partial charge on any atom is 0.262 e. The SMILES string of the molecule is Cc1c(C(=O)N[C@@H]2c3ccccc3C[C@@H]2O)sc2ccccc12. The summed E-state index contributed by atoms with van der Waals surface area (Å²) in [5.74, 6) is -0.107. The molecule has 0 saturated heterocycles. The molecule has 0 unspecified atom stereocenters. The third-order valence-electron chi connectivity index (χ3n) is 4.54. The van der Waals surface area contributed by atoms with Crippen LogP contribution in [0.15, 0.2) is 48.5 Å². The monoisotopic (exact) mass is 323 g/mol. The molecule has 1 aromatic heterocycles. The summed E-state index contributed by atoms with van der Waals surface area (Å²) in [6.45, 7) is 1.98. The molecule has 0 spiro atoms. The van der Waals surface area contributed by atoms with E-state index in [9.17, 15) is 9.90 Å². The number of carbonyl (C=O) groups is 1. The lowest BCUT2D eigenvalue weighted by Gasteiger charge is -2.17. The molecule has 2 N–H and O–H groups in total. The zero-order valence-corrected chi connectivity index (χ0v) is 13.6. The Balaban J connectivity index is 1.66. The van der Waals surface area contributed by atoms with Crippen molar-refractivity contribution >= 4 is 27.3 Å². The summed E-state index contributed by atoms with van der Waals surface area (Å²) >= 11 is 1.50. The van der Waals surface area contributed by atoms with E-state index >= 15 is 0 Å². The van der Waals surface area contributed by atoms with Gasteiger partial charge in [-0.1, -0.05) is 42.5 Å². The first-order valence-corrected chi connectivity index (χ1v) is 8.51. The van der Waals surface area contributed by atoms with Gasteiger partial charge in [-0.25, -0.2) is 0 Å². The molecule has 0 radical (unpaired) electrons. The van der Waals surface area contributed by atoms with Gasteiger partial charge < -0.3 is 10.4 Å². The highest BCUT2D eigenvalue weighted by Gasteiger charge is 2.32. The Hall–Kier alpha value is -2.17. The number of fused-ring (bicyclic) bond motifs is 2. The topological polar surface area (TPSA) is 49.3 Å². The van der Waals surface area contributed by atoms with Crippen LogP contribution in [0.1, 0.15) is 32.4 Å². The molecule has 1 aliphatic carbocycles. The number of aliphatic hydroxyl groups is 1. The molecule has 2 atom stereocenters. The fraction of sp³-hybridized carbons (Fsp3) is 0.211. The third kappa shape index (κ3) is 2.35. The highest BCUT2D eigenvalue weighted by molar-refractivity contribution is 7.21. The van der Waals surface area contributed by atoms with E-state index in [2.05, 4.69) is 5.32 Å². The minimum absolute atomic E-state index is 0.107. The molecule has 0 saturated carbocycles. The zero-order valence-electron chi connectivity index (χ0n) is 12.7. The third-order valence-corrected chi connectivity index (χ3v) is 5.81. The van der Waals surface area contributed by atoms with Crippen LogP contribution in [-0.2, 0) is 6.42 Å². The number of amides is 1. The van der Waals surface area contributed by atoms with Gasteiger partial charge in [-0.05, 0) is 35.1 Å². The molecule has 1 amide bonds. The molecule has 1 aliphatic rings. The van der Waals surface area contributed by atoms with Gasteiger partial charge >= 0.3 is 0 Å². The van der Waals surface area contributed by atoms with Crippen molar-refractivity contribution in [2.24, 2.45) is 0 Å². The van der Waals surface area contributed by atoms with Gasteiger partial charge in [0, 0.05) is 11.1 Å².